The van der Waals surface area contributed by atoms with Crippen molar-refractivity contribution in [2.75, 3.05) is 7.11 Å². The third kappa shape index (κ3) is 2.96. The molecule has 0 atom stereocenters. The largest absolute Gasteiger partial charge is 0.465 e. The van der Waals surface area contributed by atoms with Gasteiger partial charge in [0.25, 0.3) is 0 Å². The first-order valence-electron chi connectivity index (χ1n) is 6.33. The van der Waals surface area contributed by atoms with Crippen LogP contribution in [0.5, 0.6) is 0 Å². The summed E-state index contributed by atoms with van der Waals surface area (Å²) in [5.41, 5.74) is 2.70. The smallest absolute Gasteiger partial charge is 0.348 e. The number of aromatic amines is 1. The molecule has 0 fully saturated rings. The molecule has 2 aromatic rings. The molecule has 0 aliphatic carbocycles. The van der Waals surface area contributed by atoms with Crippen molar-refractivity contribution in [3.8, 4) is 11.3 Å². The Hall–Kier alpha value is -1.53. The van der Waals surface area contributed by atoms with E-state index in [1.54, 1.807) is 6.07 Å². The van der Waals surface area contributed by atoms with Crippen LogP contribution in [0.1, 0.15) is 34.4 Å². The normalized spacial score (nSPS) is 10.6. The van der Waals surface area contributed by atoms with Crippen LogP contribution in [0.3, 0.4) is 0 Å². The zero-order valence-corrected chi connectivity index (χ0v) is 13.3. The molecule has 0 unspecified atom stereocenters. The molecule has 0 aliphatic heterocycles. The number of hydrogen-bond acceptors (Lipinski definition) is 5. The molecule has 0 spiro atoms. The van der Waals surface area contributed by atoms with Crippen molar-refractivity contribution in [3.05, 3.63) is 32.4 Å². The molecule has 0 aliphatic rings. The summed E-state index contributed by atoms with van der Waals surface area (Å²) in [6.07, 6.45) is 1.81. The Balaban J connectivity index is 2.59. The number of aromatic nitrogens is 2. The van der Waals surface area contributed by atoms with E-state index >= 15 is 0 Å². The number of esters is 1. The topological polar surface area (TPSA) is 55.0 Å². The number of carbonyl (C=O) groups excluding carboxylic acids is 1. The molecule has 0 saturated carbocycles. The highest BCUT2D eigenvalue weighted by molar-refractivity contribution is 7.71. The first-order valence-corrected chi connectivity index (χ1v) is 7.62. The fourth-order valence-corrected chi connectivity index (χ4v) is 3.23. The molecule has 0 amide bonds. The number of H-pyrrole nitrogens is 1. The number of aryl methyl sites for hydroxylation is 2. The summed E-state index contributed by atoms with van der Waals surface area (Å²) >= 11 is 6.59. The molecule has 20 heavy (non-hydrogen) atoms. The number of methoxy groups -OCH3 is 1. The summed E-state index contributed by atoms with van der Waals surface area (Å²) in [6.45, 7) is 4.05. The minimum absolute atomic E-state index is 0.328. The summed E-state index contributed by atoms with van der Waals surface area (Å²) in [4.78, 5) is 20.0. The van der Waals surface area contributed by atoms with Gasteiger partial charge in [-0.05, 0) is 30.4 Å². The van der Waals surface area contributed by atoms with Gasteiger partial charge in [-0.25, -0.2) is 9.78 Å². The SMILES string of the molecule is CCCc1nc(=S)cc(-c2c(C)csc2C(=O)OC)[nH]1. The average molecular weight is 308 g/mol. The van der Waals surface area contributed by atoms with Crippen LogP contribution in [0.2, 0.25) is 0 Å². The van der Waals surface area contributed by atoms with E-state index in [1.165, 1.54) is 18.4 Å². The first-order chi connectivity index (χ1) is 9.56. The maximum Gasteiger partial charge on any atom is 0.348 e. The Morgan fingerprint density at radius 2 is 2.30 bits per heavy atom. The minimum Gasteiger partial charge on any atom is -0.465 e. The van der Waals surface area contributed by atoms with Crippen LogP contribution in [0.25, 0.3) is 11.3 Å². The summed E-state index contributed by atoms with van der Waals surface area (Å²) < 4.78 is 5.37. The van der Waals surface area contributed by atoms with Crippen molar-refractivity contribution in [1.82, 2.24) is 9.97 Å². The molecule has 106 valence electrons. The number of nitrogens with zero attached hydrogens (tertiary/aromatic N) is 1. The van der Waals surface area contributed by atoms with Gasteiger partial charge in [0.2, 0.25) is 0 Å². The second kappa shape index (κ2) is 6.28. The van der Waals surface area contributed by atoms with Crippen LogP contribution in [0.15, 0.2) is 11.4 Å². The molecule has 1 N–H and O–H groups in total. The average Bonchev–Trinajstić information content (AvgIpc) is 2.79. The number of rotatable bonds is 4. The minimum atomic E-state index is -0.328. The van der Waals surface area contributed by atoms with Crippen LogP contribution in [0.4, 0.5) is 0 Å². The van der Waals surface area contributed by atoms with Crippen molar-refractivity contribution in [3.63, 3.8) is 0 Å². The molecular weight excluding hydrogens is 292 g/mol. The standard InChI is InChI=1S/C14H16N2O2S2/c1-4-5-10-15-9(6-11(19)16-10)12-8(2)7-20-13(12)14(17)18-3/h6-7H,4-5H2,1-3H3,(H,15,16,19). The molecule has 2 rings (SSSR count). The maximum atomic E-state index is 11.8. The Morgan fingerprint density at radius 1 is 1.55 bits per heavy atom. The van der Waals surface area contributed by atoms with Gasteiger partial charge in [-0.2, -0.15) is 0 Å². The van der Waals surface area contributed by atoms with E-state index in [0.29, 0.717) is 9.52 Å². The lowest BCUT2D eigenvalue weighted by molar-refractivity contribution is 0.0607. The summed E-state index contributed by atoms with van der Waals surface area (Å²) in [7, 11) is 1.39. The van der Waals surface area contributed by atoms with Gasteiger partial charge in [0.15, 0.2) is 0 Å². The summed E-state index contributed by atoms with van der Waals surface area (Å²) in [5.74, 6) is 0.516. The lowest BCUT2D eigenvalue weighted by Crippen LogP contribution is -2.03. The Kier molecular flexibility index (Phi) is 4.67. The van der Waals surface area contributed by atoms with Gasteiger partial charge in [-0.3, -0.25) is 0 Å². The van der Waals surface area contributed by atoms with E-state index in [4.69, 9.17) is 17.0 Å². The Morgan fingerprint density at radius 3 is 2.95 bits per heavy atom. The predicted octanol–water partition coefficient (Wildman–Crippen LogP) is 3.92. The van der Waals surface area contributed by atoms with E-state index in [1.807, 2.05) is 12.3 Å². The fraction of sp³-hybridized carbons (Fsp3) is 0.357. The van der Waals surface area contributed by atoms with E-state index in [0.717, 1.165) is 35.5 Å². The molecule has 2 aromatic heterocycles. The summed E-state index contributed by atoms with van der Waals surface area (Å²) in [6, 6.07) is 1.79. The van der Waals surface area contributed by atoms with Crippen molar-refractivity contribution in [2.45, 2.75) is 26.7 Å². The fourth-order valence-electron chi connectivity index (χ4n) is 2.02. The third-order valence-electron chi connectivity index (χ3n) is 2.89. The zero-order valence-electron chi connectivity index (χ0n) is 11.6. The second-order valence-corrected chi connectivity index (χ2v) is 5.74. The molecule has 2 heterocycles. The number of carbonyl (C=O) groups is 1. The van der Waals surface area contributed by atoms with Crippen molar-refractivity contribution < 1.29 is 9.53 Å². The van der Waals surface area contributed by atoms with E-state index in [9.17, 15) is 4.79 Å². The van der Waals surface area contributed by atoms with Crippen molar-refractivity contribution in [1.29, 1.82) is 0 Å². The van der Waals surface area contributed by atoms with Gasteiger partial charge >= 0.3 is 5.97 Å². The second-order valence-electron chi connectivity index (χ2n) is 4.44. The van der Waals surface area contributed by atoms with E-state index in [-0.39, 0.29) is 5.97 Å². The molecule has 0 radical (unpaired) electrons. The number of hydrogen-bond donors (Lipinski definition) is 1. The predicted molar refractivity (Wildman–Crippen MR) is 82.8 cm³/mol. The summed E-state index contributed by atoms with van der Waals surface area (Å²) in [5, 5.41) is 1.94. The van der Waals surface area contributed by atoms with Crippen molar-refractivity contribution >= 4 is 29.5 Å². The molecular formula is C14H16N2O2S2. The molecule has 6 heteroatoms. The number of nitrogens with one attached hydrogen (secondary N) is 1. The Bertz CT molecular complexity index is 689. The molecule has 0 aromatic carbocycles. The van der Waals surface area contributed by atoms with E-state index in [2.05, 4.69) is 16.9 Å². The maximum absolute atomic E-state index is 11.8. The Labute approximate surface area is 126 Å². The van der Waals surface area contributed by atoms with Crippen LogP contribution < -0.4 is 0 Å². The van der Waals surface area contributed by atoms with Crippen LogP contribution in [-0.4, -0.2) is 23.0 Å². The highest BCUT2D eigenvalue weighted by Crippen LogP contribution is 2.32. The first kappa shape index (κ1) is 14.9. The monoisotopic (exact) mass is 308 g/mol. The quantitative estimate of drug-likeness (QED) is 0.687. The lowest BCUT2D eigenvalue weighted by Gasteiger charge is -2.07. The van der Waals surface area contributed by atoms with Crippen LogP contribution in [-0.2, 0) is 11.2 Å². The van der Waals surface area contributed by atoms with Gasteiger partial charge in [0.05, 0.1) is 12.8 Å². The van der Waals surface area contributed by atoms with Gasteiger partial charge in [0, 0.05) is 12.0 Å². The molecule has 4 nitrogen and oxygen atoms in total. The molecule has 0 saturated heterocycles. The van der Waals surface area contributed by atoms with Gasteiger partial charge in [0.1, 0.15) is 15.3 Å². The van der Waals surface area contributed by atoms with Crippen LogP contribution in [0, 0.1) is 11.6 Å². The highest BCUT2D eigenvalue weighted by atomic mass is 32.1. The van der Waals surface area contributed by atoms with Crippen LogP contribution >= 0.6 is 23.6 Å². The van der Waals surface area contributed by atoms with Gasteiger partial charge in [-0.1, -0.05) is 19.1 Å². The number of thiophene rings is 1. The number of ether oxygens (including phenoxy) is 1. The highest BCUT2D eigenvalue weighted by Gasteiger charge is 2.19. The zero-order chi connectivity index (χ0) is 14.7. The van der Waals surface area contributed by atoms with Crippen molar-refractivity contribution in [2.24, 2.45) is 0 Å². The van der Waals surface area contributed by atoms with Gasteiger partial charge < -0.3 is 9.72 Å². The lowest BCUT2D eigenvalue weighted by atomic mass is 10.1. The molecule has 0 bridgehead atoms. The third-order valence-corrected chi connectivity index (χ3v) is 4.18. The van der Waals surface area contributed by atoms with E-state index < -0.39 is 0 Å². The van der Waals surface area contributed by atoms with Gasteiger partial charge in [-0.15, -0.1) is 11.3 Å².